The molecule has 0 fully saturated rings. The van der Waals surface area contributed by atoms with Gasteiger partial charge in [-0.2, -0.15) is 10.1 Å². The van der Waals surface area contributed by atoms with Gasteiger partial charge in [0.2, 0.25) is 0 Å². The Morgan fingerprint density at radius 2 is 2.08 bits per heavy atom. The normalized spacial score (nSPS) is 13.5. The Morgan fingerprint density at radius 1 is 1.29 bits per heavy atom. The summed E-state index contributed by atoms with van der Waals surface area (Å²) >= 11 is 1.60. The molecular weight excluding hydrogens is 353 g/mol. The van der Waals surface area contributed by atoms with Gasteiger partial charge in [0, 0.05) is 18.4 Å². The topological polar surface area (TPSA) is 83.1 Å². The standard InChI is InChI=1S/C15H26NO6PS/c1-4-5-6-7-10-20-15(17)16-22-23(18,19-3)21-11-8-14-13(2)9-12-24-14/h9,12H,4-8,10-11H2,1-3H3,(H,16,17). The minimum Gasteiger partial charge on any atom is -0.448 e. The van der Waals surface area contributed by atoms with Crippen LogP contribution in [-0.2, 0) is 29.4 Å². The summed E-state index contributed by atoms with van der Waals surface area (Å²) in [7, 11) is -2.66. The van der Waals surface area contributed by atoms with Crippen LogP contribution in [0.3, 0.4) is 0 Å². The number of phosphoric acid groups is 1. The van der Waals surface area contributed by atoms with Crippen molar-refractivity contribution in [1.29, 1.82) is 0 Å². The predicted molar refractivity (Wildman–Crippen MR) is 93.0 cm³/mol. The van der Waals surface area contributed by atoms with Crippen molar-refractivity contribution >= 4 is 25.3 Å². The monoisotopic (exact) mass is 379 g/mol. The Bertz CT molecular complexity index is 536. The summed E-state index contributed by atoms with van der Waals surface area (Å²) in [6.07, 6.45) is 3.74. The number of hydrogen-bond acceptors (Lipinski definition) is 7. The van der Waals surface area contributed by atoms with E-state index in [9.17, 15) is 9.36 Å². The average Bonchev–Trinajstić information content (AvgIpc) is 2.98. The first-order valence-corrected chi connectivity index (χ1v) is 10.3. The van der Waals surface area contributed by atoms with Crippen molar-refractivity contribution in [2.75, 3.05) is 20.3 Å². The number of hydroxylamine groups is 1. The number of aryl methyl sites for hydroxylation is 1. The van der Waals surface area contributed by atoms with Gasteiger partial charge in [-0.1, -0.05) is 26.2 Å². The fourth-order valence-electron chi connectivity index (χ4n) is 1.84. The smallest absolute Gasteiger partial charge is 0.448 e. The molecule has 0 saturated heterocycles. The summed E-state index contributed by atoms with van der Waals surface area (Å²) < 4.78 is 31.7. The summed E-state index contributed by atoms with van der Waals surface area (Å²) in [5, 5.41) is 1.98. The van der Waals surface area contributed by atoms with Gasteiger partial charge in [-0.3, -0.25) is 9.05 Å². The first-order chi connectivity index (χ1) is 11.5. The molecule has 0 aromatic carbocycles. The summed E-state index contributed by atoms with van der Waals surface area (Å²) in [5.41, 5.74) is 3.10. The Morgan fingerprint density at radius 3 is 2.71 bits per heavy atom. The van der Waals surface area contributed by atoms with E-state index in [-0.39, 0.29) is 13.2 Å². The van der Waals surface area contributed by atoms with E-state index in [1.165, 1.54) is 7.11 Å². The largest absolute Gasteiger partial charge is 0.496 e. The second-order valence-corrected chi connectivity index (χ2v) is 7.83. The number of hydrogen-bond donors (Lipinski definition) is 1. The van der Waals surface area contributed by atoms with Gasteiger partial charge in [0.25, 0.3) is 0 Å². The maximum absolute atomic E-state index is 12.2. The second kappa shape index (κ2) is 11.6. The maximum atomic E-state index is 12.2. The molecule has 24 heavy (non-hydrogen) atoms. The number of nitrogens with one attached hydrogen (secondary N) is 1. The van der Waals surface area contributed by atoms with E-state index in [1.54, 1.807) is 11.3 Å². The molecule has 0 spiro atoms. The number of carbonyl (C=O) groups excluding carboxylic acids is 1. The van der Waals surface area contributed by atoms with Gasteiger partial charge in [-0.15, -0.1) is 11.3 Å². The van der Waals surface area contributed by atoms with Gasteiger partial charge in [0.05, 0.1) is 13.2 Å². The van der Waals surface area contributed by atoms with Gasteiger partial charge in [-0.25, -0.2) is 9.36 Å². The molecular formula is C15H26NO6PS. The molecule has 0 aliphatic heterocycles. The van der Waals surface area contributed by atoms with Crippen molar-refractivity contribution in [1.82, 2.24) is 5.48 Å². The highest BCUT2D eigenvalue weighted by Gasteiger charge is 2.27. The van der Waals surface area contributed by atoms with Crippen molar-refractivity contribution < 1.29 is 27.8 Å². The van der Waals surface area contributed by atoms with Crippen LogP contribution in [0.2, 0.25) is 0 Å². The maximum Gasteiger partial charge on any atom is 0.496 e. The minimum atomic E-state index is -3.84. The number of unbranched alkanes of at least 4 members (excludes halogenated alkanes) is 3. The zero-order valence-electron chi connectivity index (χ0n) is 14.4. The number of phosphoric ester groups is 1. The van der Waals surface area contributed by atoms with E-state index in [1.807, 2.05) is 23.9 Å². The highest BCUT2D eigenvalue weighted by atomic mass is 32.1. The van der Waals surface area contributed by atoms with Crippen LogP contribution in [0.5, 0.6) is 0 Å². The van der Waals surface area contributed by atoms with Crippen LogP contribution >= 0.6 is 19.2 Å². The SMILES string of the molecule is CCCCCCOC(=O)NOP(=O)(OC)OCCc1sccc1C. The van der Waals surface area contributed by atoms with Crippen molar-refractivity contribution in [3.8, 4) is 0 Å². The summed E-state index contributed by atoms with van der Waals surface area (Å²) in [6, 6.07) is 2.00. The van der Waals surface area contributed by atoms with Crippen molar-refractivity contribution in [2.45, 2.75) is 46.0 Å². The molecule has 1 N–H and O–H groups in total. The molecule has 1 aromatic heterocycles. The molecule has 0 aliphatic rings. The summed E-state index contributed by atoms with van der Waals surface area (Å²) in [4.78, 5) is 12.6. The van der Waals surface area contributed by atoms with Crippen LogP contribution in [-0.4, -0.2) is 26.4 Å². The lowest BCUT2D eigenvalue weighted by Gasteiger charge is -2.15. The average molecular weight is 379 g/mol. The van der Waals surface area contributed by atoms with Crippen LogP contribution in [0.15, 0.2) is 11.4 Å². The van der Waals surface area contributed by atoms with Crippen molar-refractivity contribution in [2.24, 2.45) is 0 Å². The molecule has 7 nitrogen and oxygen atoms in total. The Labute approximate surface area is 147 Å². The minimum absolute atomic E-state index is 0.153. The Kier molecular flexibility index (Phi) is 10.2. The van der Waals surface area contributed by atoms with Gasteiger partial charge < -0.3 is 4.74 Å². The number of ether oxygens (including phenoxy) is 1. The Hall–Kier alpha value is -0.920. The van der Waals surface area contributed by atoms with Crippen LogP contribution in [0.25, 0.3) is 0 Å². The first-order valence-electron chi connectivity index (χ1n) is 7.95. The molecule has 1 atom stereocenters. The van der Waals surface area contributed by atoms with Crippen molar-refractivity contribution in [3.05, 3.63) is 21.9 Å². The molecule has 1 unspecified atom stereocenters. The zero-order chi connectivity index (χ0) is 17.8. The Balaban J connectivity index is 2.25. The van der Waals surface area contributed by atoms with Gasteiger partial charge >= 0.3 is 13.9 Å². The highest BCUT2D eigenvalue weighted by Crippen LogP contribution is 2.47. The summed E-state index contributed by atoms with van der Waals surface area (Å²) in [6.45, 7) is 4.53. The molecule has 0 radical (unpaired) electrons. The van der Waals surface area contributed by atoms with E-state index >= 15 is 0 Å². The third kappa shape index (κ3) is 8.26. The third-order valence-electron chi connectivity index (χ3n) is 3.24. The molecule has 1 heterocycles. The van der Waals surface area contributed by atoms with E-state index < -0.39 is 13.9 Å². The lowest BCUT2D eigenvalue weighted by atomic mass is 10.2. The molecule has 1 amide bonds. The highest BCUT2D eigenvalue weighted by molar-refractivity contribution is 7.48. The fourth-order valence-corrected chi connectivity index (χ4v) is 3.47. The van der Waals surface area contributed by atoms with E-state index in [0.29, 0.717) is 6.42 Å². The molecule has 1 rings (SSSR count). The predicted octanol–water partition coefficient (Wildman–Crippen LogP) is 4.61. The van der Waals surface area contributed by atoms with Crippen molar-refractivity contribution in [3.63, 3.8) is 0 Å². The van der Waals surface area contributed by atoms with Crippen LogP contribution < -0.4 is 5.48 Å². The molecule has 138 valence electrons. The molecule has 9 heteroatoms. The first kappa shape index (κ1) is 21.1. The molecule has 0 bridgehead atoms. The van der Waals surface area contributed by atoms with Gasteiger partial charge in [0.15, 0.2) is 0 Å². The second-order valence-electron chi connectivity index (χ2n) is 5.13. The van der Waals surface area contributed by atoms with E-state index in [4.69, 9.17) is 18.4 Å². The fraction of sp³-hybridized carbons (Fsp3) is 0.667. The zero-order valence-corrected chi connectivity index (χ0v) is 16.1. The number of rotatable bonds is 12. The lowest BCUT2D eigenvalue weighted by Crippen LogP contribution is -2.24. The molecule has 1 aromatic rings. The van der Waals surface area contributed by atoms with E-state index in [2.05, 4.69) is 6.92 Å². The van der Waals surface area contributed by atoms with Crippen LogP contribution in [0, 0.1) is 6.92 Å². The molecule has 0 aliphatic carbocycles. The van der Waals surface area contributed by atoms with Crippen LogP contribution in [0.4, 0.5) is 4.79 Å². The third-order valence-corrected chi connectivity index (χ3v) is 5.59. The summed E-state index contributed by atoms with van der Waals surface area (Å²) in [5.74, 6) is 0. The quantitative estimate of drug-likeness (QED) is 0.324. The number of thiophene rings is 1. The van der Waals surface area contributed by atoms with Gasteiger partial charge in [-0.05, 0) is 30.4 Å². The molecule has 0 saturated carbocycles. The number of carbonyl (C=O) groups is 1. The van der Waals surface area contributed by atoms with E-state index in [0.717, 1.165) is 36.1 Å². The number of amides is 1. The van der Waals surface area contributed by atoms with Gasteiger partial charge in [0.1, 0.15) is 0 Å². The van der Waals surface area contributed by atoms with Crippen LogP contribution in [0.1, 0.15) is 43.0 Å². The lowest BCUT2D eigenvalue weighted by molar-refractivity contribution is 0.0615.